The molecule has 1 aromatic rings. The van der Waals surface area contributed by atoms with Gasteiger partial charge in [0.15, 0.2) is 11.6 Å². The van der Waals surface area contributed by atoms with Gasteiger partial charge in [0, 0.05) is 10.6 Å². The van der Waals surface area contributed by atoms with E-state index in [0.717, 1.165) is 12.1 Å². The molecule has 2 N–H and O–H groups in total. The average molecular weight is 328 g/mol. The third-order valence-corrected chi connectivity index (χ3v) is 5.83. The minimum absolute atomic E-state index is 0.0610. The first-order valence-electron chi connectivity index (χ1n) is 6.93. The molecule has 0 saturated heterocycles. The number of halogens is 2. The van der Waals surface area contributed by atoms with Crippen molar-refractivity contribution < 1.29 is 28.6 Å². The first kappa shape index (κ1) is 15.3. The van der Waals surface area contributed by atoms with Crippen LogP contribution in [0.1, 0.15) is 6.42 Å². The Morgan fingerprint density at radius 3 is 2.41 bits per heavy atom. The Morgan fingerprint density at radius 2 is 1.82 bits per heavy atom. The summed E-state index contributed by atoms with van der Waals surface area (Å²) in [4.78, 5) is 23.0. The first-order valence-corrected chi connectivity index (χ1v) is 7.92. The largest absolute Gasteiger partial charge is 0.481 e. The molecule has 0 aromatic heterocycles. The van der Waals surface area contributed by atoms with E-state index in [0.29, 0.717) is 17.1 Å². The number of carboxylic acids is 2. The summed E-state index contributed by atoms with van der Waals surface area (Å²) in [6, 6.07) is 3.58. The summed E-state index contributed by atoms with van der Waals surface area (Å²) in [7, 11) is 0. The lowest BCUT2D eigenvalue weighted by Crippen LogP contribution is -2.26. The van der Waals surface area contributed by atoms with Crippen molar-refractivity contribution in [1.82, 2.24) is 0 Å². The molecule has 1 aromatic carbocycles. The molecule has 0 aliphatic heterocycles. The van der Waals surface area contributed by atoms with E-state index in [1.165, 1.54) is 17.8 Å². The van der Waals surface area contributed by atoms with Crippen molar-refractivity contribution in [2.45, 2.75) is 11.3 Å². The van der Waals surface area contributed by atoms with E-state index in [2.05, 4.69) is 0 Å². The summed E-state index contributed by atoms with van der Waals surface area (Å²) in [5, 5.41) is 18.4. The molecule has 2 fully saturated rings. The highest BCUT2D eigenvalue weighted by Gasteiger charge is 2.66. The van der Waals surface area contributed by atoms with Gasteiger partial charge in [0.2, 0.25) is 0 Å². The molecule has 0 amide bonds. The van der Waals surface area contributed by atoms with Crippen LogP contribution in [0.25, 0.3) is 0 Å². The molecule has 4 unspecified atom stereocenters. The molecular weight excluding hydrogens is 314 g/mol. The van der Waals surface area contributed by atoms with Crippen LogP contribution in [0.5, 0.6) is 0 Å². The monoisotopic (exact) mass is 328 g/mol. The van der Waals surface area contributed by atoms with Crippen LogP contribution < -0.4 is 0 Å². The highest BCUT2D eigenvalue weighted by atomic mass is 32.2. The van der Waals surface area contributed by atoms with Crippen LogP contribution in [-0.4, -0.2) is 27.9 Å². The van der Waals surface area contributed by atoms with Crippen molar-refractivity contribution in [2.24, 2.45) is 29.6 Å². The maximum Gasteiger partial charge on any atom is 0.307 e. The van der Waals surface area contributed by atoms with Crippen LogP contribution in [0.15, 0.2) is 23.1 Å². The van der Waals surface area contributed by atoms with Crippen molar-refractivity contribution in [3.63, 3.8) is 0 Å². The van der Waals surface area contributed by atoms with E-state index < -0.39 is 35.4 Å². The summed E-state index contributed by atoms with van der Waals surface area (Å²) in [6.07, 6.45) is 0.565. The maximum atomic E-state index is 13.1. The molecule has 7 heteroatoms. The molecule has 3 rings (SSSR count). The van der Waals surface area contributed by atoms with Gasteiger partial charge in [0.1, 0.15) is 0 Å². The lowest BCUT2D eigenvalue weighted by atomic mass is 9.90. The minimum Gasteiger partial charge on any atom is -0.481 e. The Kier molecular flexibility index (Phi) is 3.84. The van der Waals surface area contributed by atoms with Gasteiger partial charge in [-0.3, -0.25) is 9.59 Å². The Hall–Kier alpha value is -1.63. The molecule has 0 radical (unpaired) electrons. The zero-order valence-electron chi connectivity index (χ0n) is 11.4. The zero-order valence-corrected chi connectivity index (χ0v) is 12.2. The summed E-state index contributed by atoms with van der Waals surface area (Å²) >= 11 is 1.28. The van der Waals surface area contributed by atoms with Gasteiger partial charge in [0.25, 0.3) is 0 Å². The summed E-state index contributed by atoms with van der Waals surface area (Å²) in [5.41, 5.74) is 0. The summed E-state index contributed by atoms with van der Waals surface area (Å²) in [6.45, 7) is 0. The molecule has 2 saturated carbocycles. The Balaban J connectivity index is 1.65. The summed E-state index contributed by atoms with van der Waals surface area (Å²) < 4.78 is 26.0. The van der Waals surface area contributed by atoms with Crippen molar-refractivity contribution >= 4 is 23.7 Å². The van der Waals surface area contributed by atoms with Crippen LogP contribution in [0.3, 0.4) is 0 Å². The van der Waals surface area contributed by atoms with Crippen molar-refractivity contribution in [2.75, 3.05) is 5.75 Å². The predicted molar refractivity (Wildman–Crippen MR) is 74.4 cm³/mol. The number of hydrogen-bond donors (Lipinski definition) is 2. The second-order valence-electron chi connectivity index (χ2n) is 5.85. The van der Waals surface area contributed by atoms with Crippen molar-refractivity contribution in [3.8, 4) is 0 Å². The average Bonchev–Trinajstić information content (AvgIpc) is 3.01. The van der Waals surface area contributed by atoms with Gasteiger partial charge in [-0.1, -0.05) is 0 Å². The van der Waals surface area contributed by atoms with Crippen molar-refractivity contribution in [1.29, 1.82) is 0 Å². The highest BCUT2D eigenvalue weighted by molar-refractivity contribution is 7.99. The zero-order chi connectivity index (χ0) is 16.0. The van der Waals surface area contributed by atoms with Crippen LogP contribution in [0.4, 0.5) is 8.78 Å². The third-order valence-electron chi connectivity index (χ3n) is 4.65. The van der Waals surface area contributed by atoms with Crippen LogP contribution >= 0.6 is 11.8 Å². The van der Waals surface area contributed by atoms with E-state index in [1.54, 1.807) is 0 Å². The van der Waals surface area contributed by atoms with Crippen molar-refractivity contribution in [3.05, 3.63) is 29.8 Å². The predicted octanol–water partition coefficient (Wildman–Crippen LogP) is 2.72. The van der Waals surface area contributed by atoms with E-state index in [4.69, 9.17) is 5.11 Å². The number of benzene rings is 1. The number of rotatable bonds is 5. The van der Waals surface area contributed by atoms with Gasteiger partial charge in [-0.15, -0.1) is 11.8 Å². The molecule has 5 atom stereocenters. The second-order valence-corrected chi connectivity index (χ2v) is 6.95. The van der Waals surface area contributed by atoms with Gasteiger partial charge in [-0.2, -0.15) is 0 Å². The lowest BCUT2D eigenvalue weighted by molar-refractivity contribution is -0.145. The van der Waals surface area contributed by atoms with Gasteiger partial charge in [-0.05, 0) is 42.4 Å². The lowest BCUT2D eigenvalue weighted by Gasteiger charge is -2.19. The number of hydrogen-bond acceptors (Lipinski definition) is 3. The minimum atomic E-state index is -0.966. The topological polar surface area (TPSA) is 74.6 Å². The van der Waals surface area contributed by atoms with Crippen LogP contribution in [-0.2, 0) is 9.59 Å². The molecule has 2 aliphatic carbocycles. The Morgan fingerprint density at radius 1 is 1.14 bits per heavy atom. The van der Waals surface area contributed by atoms with Crippen LogP contribution in [0.2, 0.25) is 0 Å². The smallest absolute Gasteiger partial charge is 0.307 e. The molecule has 2 aliphatic rings. The number of thioether (sulfide) groups is 1. The quantitative estimate of drug-likeness (QED) is 0.813. The van der Waals surface area contributed by atoms with E-state index in [9.17, 15) is 23.5 Å². The Labute approximate surface area is 129 Å². The number of aliphatic carboxylic acids is 2. The highest BCUT2D eigenvalue weighted by Crippen LogP contribution is 2.63. The Bertz CT molecular complexity index is 636. The number of carbonyl (C=O) groups is 2. The standard InChI is InChI=1S/C15H14F2O4S/c16-9-2-1-7(4-10(9)17)22-5-6-3-8-12(11(6)14(18)19)13(8)15(20)21/h1-2,4,6,8,11-13H,3,5H2,(H,18,19)(H,20,21)/t6?,8?,11-,12?,13?/m1/s1. The third kappa shape index (κ3) is 2.58. The van der Waals surface area contributed by atoms with E-state index in [1.807, 2.05) is 0 Å². The van der Waals surface area contributed by atoms with Gasteiger partial charge >= 0.3 is 11.9 Å². The van der Waals surface area contributed by atoms with Crippen LogP contribution in [0, 0.1) is 41.2 Å². The van der Waals surface area contributed by atoms with E-state index >= 15 is 0 Å². The molecule has 118 valence electrons. The fourth-order valence-electron chi connectivity index (χ4n) is 3.66. The summed E-state index contributed by atoms with van der Waals surface area (Å²) in [5.74, 6) is -4.96. The second kappa shape index (κ2) is 5.53. The fourth-order valence-corrected chi connectivity index (χ4v) is 4.76. The molecule has 0 spiro atoms. The van der Waals surface area contributed by atoms with Gasteiger partial charge in [-0.25, -0.2) is 8.78 Å². The molecule has 22 heavy (non-hydrogen) atoms. The molecule has 0 heterocycles. The van der Waals surface area contributed by atoms with Gasteiger partial charge < -0.3 is 10.2 Å². The molecule has 4 nitrogen and oxygen atoms in total. The normalized spacial score (nSPS) is 32.5. The first-order chi connectivity index (χ1) is 10.4. The van der Waals surface area contributed by atoms with Gasteiger partial charge in [0.05, 0.1) is 11.8 Å². The molecular formula is C15H14F2O4S. The number of fused-ring (bicyclic) bond motifs is 1. The van der Waals surface area contributed by atoms with E-state index in [-0.39, 0.29) is 17.8 Å². The fraction of sp³-hybridized carbons (Fsp3) is 0.467. The number of carboxylic acid groups (broad SMARTS) is 2. The molecule has 0 bridgehead atoms. The maximum absolute atomic E-state index is 13.1. The SMILES string of the molecule is O=C(O)C1C2CC(CSc3ccc(F)c(F)c3)[C@@H](C(=O)O)C21.